The van der Waals surface area contributed by atoms with Crippen LogP contribution in [0.3, 0.4) is 0 Å². The van der Waals surface area contributed by atoms with Crippen LogP contribution in [0.15, 0.2) is 38.8 Å². The van der Waals surface area contributed by atoms with Gasteiger partial charge in [-0.15, -0.1) is 11.8 Å². The molecule has 34 heavy (non-hydrogen) atoms. The first-order valence-corrected chi connectivity index (χ1v) is 12.8. The van der Waals surface area contributed by atoms with Crippen molar-refractivity contribution in [2.24, 2.45) is 11.8 Å². The number of thioether (sulfide) groups is 1. The Morgan fingerprint density at radius 2 is 2.03 bits per heavy atom. The second-order valence-electron chi connectivity index (χ2n) is 8.95. The lowest BCUT2D eigenvalue weighted by Gasteiger charge is -2.28. The third-order valence-electron chi connectivity index (χ3n) is 5.87. The van der Waals surface area contributed by atoms with Gasteiger partial charge in [0.25, 0.3) is 5.56 Å². The Balaban J connectivity index is 1.96. The molecule has 1 aromatic heterocycles. The van der Waals surface area contributed by atoms with Crippen molar-refractivity contribution >= 4 is 40.8 Å². The van der Waals surface area contributed by atoms with E-state index < -0.39 is 17.2 Å². The second-order valence-corrected chi connectivity index (χ2v) is 9.83. The van der Waals surface area contributed by atoms with Crippen LogP contribution >= 0.6 is 11.8 Å². The number of anilines is 3. The third kappa shape index (κ3) is 5.38. The van der Waals surface area contributed by atoms with E-state index in [4.69, 9.17) is 5.73 Å². The largest absolute Gasteiger partial charge is 0.383 e. The molecule has 0 saturated carbocycles. The van der Waals surface area contributed by atoms with E-state index in [1.54, 1.807) is 16.7 Å². The van der Waals surface area contributed by atoms with Crippen molar-refractivity contribution in [1.82, 2.24) is 9.55 Å². The molecule has 1 aliphatic rings. The molecule has 0 spiro atoms. The van der Waals surface area contributed by atoms with Crippen LogP contribution in [-0.4, -0.2) is 40.7 Å². The first-order chi connectivity index (χ1) is 16.2. The van der Waals surface area contributed by atoms with Crippen LogP contribution < -0.4 is 26.8 Å². The Kier molecular flexibility index (Phi) is 8.24. The smallest absolute Gasteiger partial charge is 0.330 e. The second kappa shape index (κ2) is 10.9. The number of nitrogens with zero attached hydrogens (tertiary/aromatic N) is 3. The number of amides is 2. The summed E-state index contributed by atoms with van der Waals surface area (Å²) in [5.41, 5.74) is 5.72. The maximum atomic E-state index is 13.7. The van der Waals surface area contributed by atoms with Crippen LogP contribution in [0.2, 0.25) is 0 Å². The van der Waals surface area contributed by atoms with E-state index in [1.807, 2.05) is 51.3 Å². The van der Waals surface area contributed by atoms with Crippen molar-refractivity contribution < 1.29 is 9.59 Å². The molecule has 0 aliphatic carbocycles. The van der Waals surface area contributed by atoms with Crippen molar-refractivity contribution in [2.75, 3.05) is 34.9 Å². The number of nitrogens with one attached hydrogen (secondary N) is 1. The zero-order valence-electron chi connectivity index (χ0n) is 20.2. The van der Waals surface area contributed by atoms with E-state index in [9.17, 15) is 19.2 Å². The minimum Gasteiger partial charge on any atom is -0.383 e. The van der Waals surface area contributed by atoms with Gasteiger partial charge in [0, 0.05) is 36.6 Å². The molecule has 1 aliphatic heterocycles. The number of hydrogen-bond donors (Lipinski definition) is 2. The van der Waals surface area contributed by atoms with Crippen LogP contribution in [0.25, 0.3) is 0 Å². The number of aromatic nitrogens is 2. The highest BCUT2D eigenvalue weighted by atomic mass is 32.2. The number of carbonyl (C=O) groups excluding carboxylic acids is 2. The van der Waals surface area contributed by atoms with Gasteiger partial charge in [0.05, 0.1) is 5.92 Å². The molecule has 0 radical (unpaired) electrons. The fraction of sp³-hybridized carbons (Fsp3) is 0.500. The summed E-state index contributed by atoms with van der Waals surface area (Å²) in [6.07, 6.45) is 3.55. The fourth-order valence-electron chi connectivity index (χ4n) is 4.15. The highest BCUT2D eigenvalue weighted by molar-refractivity contribution is 7.98. The Morgan fingerprint density at radius 3 is 2.68 bits per heavy atom. The number of benzene rings is 1. The molecular formula is C24H33N5O4S. The molecule has 2 heterocycles. The summed E-state index contributed by atoms with van der Waals surface area (Å²) >= 11 is 1.58. The minimum atomic E-state index is -0.696. The monoisotopic (exact) mass is 487 g/mol. The lowest BCUT2D eigenvalue weighted by Crippen LogP contribution is -2.45. The van der Waals surface area contributed by atoms with Crippen molar-refractivity contribution in [2.45, 2.75) is 51.5 Å². The van der Waals surface area contributed by atoms with Gasteiger partial charge in [0.2, 0.25) is 11.8 Å². The fourth-order valence-corrected chi connectivity index (χ4v) is 4.61. The van der Waals surface area contributed by atoms with Crippen LogP contribution in [0.4, 0.5) is 17.2 Å². The van der Waals surface area contributed by atoms with Gasteiger partial charge < -0.3 is 15.5 Å². The molecule has 1 atom stereocenters. The molecule has 1 saturated heterocycles. The van der Waals surface area contributed by atoms with Gasteiger partial charge in [0.15, 0.2) is 5.69 Å². The van der Waals surface area contributed by atoms with E-state index in [0.717, 1.165) is 17.0 Å². The van der Waals surface area contributed by atoms with Gasteiger partial charge in [0.1, 0.15) is 5.82 Å². The number of carbonyl (C=O) groups is 2. The Hall–Kier alpha value is -3.01. The summed E-state index contributed by atoms with van der Waals surface area (Å²) in [4.78, 5) is 58.0. The minimum absolute atomic E-state index is 0.0231. The van der Waals surface area contributed by atoms with Gasteiger partial charge in [-0.1, -0.05) is 33.3 Å². The Bertz CT molecular complexity index is 1170. The molecule has 3 N–H and O–H groups in total. The van der Waals surface area contributed by atoms with Crippen molar-refractivity contribution in [3.8, 4) is 0 Å². The van der Waals surface area contributed by atoms with Crippen molar-refractivity contribution in [1.29, 1.82) is 0 Å². The van der Waals surface area contributed by atoms with Gasteiger partial charge in [-0.25, -0.2) is 4.79 Å². The van der Waals surface area contributed by atoms with Crippen LogP contribution in [-0.2, 0) is 16.1 Å². The quantitative estimate of drug-likeness (QED) is 0.525. The zero-order valence-corrected chi connectivity index (χ0v) is 21.0. The Labute approximate surface area is 203 Å². The number of unbranched alkanes of at least 4 members (excludes halogenated alkanes) is 1. The lowest BCUT2D eigenvalue weighted by atomic mass is 10.1. The van der Waals surface area contributed by atoms with Gasteiger partial charge in [-0.3, -0.25) is 23.9 Å². The first kappa shape index (κ1) is 25.6. The molecule has 10 heteroatoms. The number of aromatic amines is 1. The maximum absolute atomic E-state index is 13.7. The van der Waals surface area contributed by atoms with E-state index in [-0.39, 0.29) is 48.7 Å². The molecule has 2 aromatic rings. The Morgan fingerprint density at radius 1 is 1.29 bits per heavy atom. The number of H-pyrrole nitrogens is 1. The summed E-state index contributed by atoms with van der Waals surface area (Å²) in [5, 5.41) is 0. The average molecular weight is 488 g/mol. The molecular weight excluding hydrogens is 454 g/mol. The summed E-state index contributed by atoms with van der Waals surface area (Å²) in [6, 6.07) is 7.62. The predicted octanol–water partition coefficient (Wildman–Crippen LogP) is 2.68. The average Bonchev–Trinajstić information content (AvgIpc) is 3.19. The van der Waals surface area contributed by atoms with Crippen LogP contribution in [0.1, 0.15) is 40.0 Å². The van der Waals surface area contributed by atoms with E-state index in [2.05, 4.69) is 4.98 Å². The highest BCUT2D eigenvalue weighted by Gasteiger charge is 2.39. The lowest BCUT2D eigenvalue weighted by molar-refractivity contribution is -0.124. The molecule has 0 unspecified atom stereocenters. The number of rotatable bonds is 9. The molecule has 184 valence electrons. The molecule has 9 nitrogen and oxygen atoms in total. The normalized spacial score (nSPS) is 15.9. The van der Waals surface area contributed by atoms with Crippen LogP contribution in [0, 0.1) is 11.8 Å². The number of hydrogen-bond acceptors (Lipinski definition) is 6. The topological polar surface area (TPSA) is 121 Å². The van der Waals surface area contributed by atoms with Gasteiger partial charge >= 0.3 is 5.69 Å². The molecule has 0 bridgehead atoms. The van der Waals surface area contributed by atoms with Gasteiger partial charge in [-0.2, -0.15) is 0 Å². The van der Waals surface area contributed by atoms with E-state index >= 15 is 0 Å². The van der Waals surface area contributed by atoms with Crippen molar-refractivity contribution in [3.63, 3.8) is 0 Å². The van der Waals surface area contributed by atoms with E-state index in [0.29, 0.717) is 13.0 Å². The van der Waals surface area contributed by atoms with E-state index in [1.165, 1.54) is 9.47 Å². The van der Waals surface area contributed by atoms with Gasteiger partial charge in [-0.05, 0) is 36.8 Å². The zero-order chi connectivity index (χ0) is 25.0. The van der Waals surface area contributed by atoms with Crippen molar-refractivity contribution in [3.05, 3.63) is 45.1 Å². The third-order valence-corrected chi connectivity index (χ3v) is 6.60. The summed E-state index contributed by atoms with van der Waals surface area (Å²) < 4.78 is 1.31. The maximum Gasteiger partial charge on any atom is 0.330 e. The number of nitrogens with two attached hydrogens (primary N) is 1. The predicted molar refractivity (Wildman–Crippen MR) is 137 cm³/mol. The molecule has 1 fully saturated rings. The summed E-state index contributed by atoms with van der Waals surface area (Å²) in [5.74, 6) is -1.10. The molecule has 1 aromatic carbocycles. The first-order valence-electron chi connectivity index (χ1n) is 11.6. The SMILES string of the molecule is CCCCn1c(N)c(N(CC(C)C)C(=O)[C@@H]2CC(=O)N(c3cccc(SC)c3)C2)c(=O)[nH]c1=O. The molecule has 2 amide bonds. The standard InChI is InChI=1S/C24H33N5O4S/c1-5-6-10-27-21(25)20(22(31)26-24(27)33)29(13-15(2)3)23(32)16-11-19(30)28(14-16)17-8-7-9-18(12-17)34-4/h7-9,12,15-16H,5-6,10-11,13-14,25H2,1-4H3,(H,26,31,33)/t16-/m1/s1. The number of nitrogen functional groups attached to an aromatic ring is 1. The molecule has 3 rings (SSSR count). The highest BCUT2D eigenvalue weighted by Crippen LogP contribution is 2.30. The summed E-state index contributed by atoms with van der Waals surface area (Å²) in [6.45, 7) is 6.65. The summed E-state index contributed by atoms with van der Waals surface area (Å²) in [7, 11) is 0. The van der Waals surface area contributed by atoms with Crippen LogP contribution in [0.5, 0.6) is 0 Å².